The molecule has 3 aromatic rings. The topological polar surface area (TPSA) is 105 Å². The van der Waals surface area contributed by atoms with E-state index in [1.165, 1.54) is 4.68 Å². The highest BCUT2D eigenvalue weighted by Gasteiger charge is 2.22. The Bertz CT molecular complexity index is 1110. The lowest BCUT2D eigenvalue weighted by atomic mass is 9.92. The number of amides is 2. The number of urea groups is 1. The van der Waals surface area contributed by atoms with Crippen molar-refractivity contribution >= 4 is 29.1 Å². The Kier molecular flexibility index (Phi) is 5.48. The minimum absolute atomic E-state index is 0.232. The van der Waals surface area contributed by atoms with Crippen LogP contribution in [0, 0.1) is 13.8 Å². The number of rotatable bonds is 3. The summed E-state index contributed by atoms with van der Waals surface area (Å²) >= 11 is 5.87. The molecule has 0 unspecified atom stereocenters. The third kappa shape index (κ3) is 4.65. The lowest BCUT2D eigenvalue weighted by molar-refractivity contribution is 0.262. The van der Waals surface area contributed by atoms with Crippen LogP contribution < -0.4 is 16.2 Å². The van der Waals surface area contributed by atoms with Crippen molar-refractivity contribution in [3.63, 3.8) is 0 Å². The van der Waals surface area contributed by atoms with Crippen molar-refractivity contribution in [2.75, 3.05) is 10.6 Å². The molecule has 2 heterocycles. The van der Waals surface area contributed by atoms with Crippen LogP contribution >= 0.6 is 11.6 Å². The number of nitrogens with one attached hydrogen (secondary N) is 3. The highest BCUT2D eigenvalue weighted by atomic mass is 35.5. The second kappa shape index (κ2) is 7.71. The smallest absolute Gasteiger partial charge is 0.308 e. The Balaban J connectivity index is 1.97. The Hall–Kier alpha value is -3.13. The van der Waals surface area contributed by atoms with Gasteiger partial charge in [-0.1, -0.05) is 32.4 Å². The number of aromatic amines is 1. The largest absolute Gasteiger partial charge is 0.324 e. The van der Waals surface area contributed by atoms with Gasteiger partial charge in [0, 0.05) is 33.4 Å². The fourth-order valence-corrected chi connectivity index (χ4v) is 2.67. The van der Waals surface area contributed by atoms with Gasteiger partial charge in [-0.3, -0.25) is 15.1 Å². The Morgan fingerprint density at radius 2 is 1.79 bits per heavy atom. The number of H-pyrrole nitrogens is 1. The summed E-state index contributed by atoms with van der Waals surface area (Å²) in [6, 6.07) is 8.06. The standard InChI is InChI=1S/C20H23ClN6O2/c1-11-12(2)22-18(25-17(11)28)27-16(10-15(26-27)20(3,4)5)24-19(29)23-14-8-6-13(21)7-9-14/h6-10H,1-5H3,(H,22,25,28)(H2,23,24,29). The zero-order chi connectivity index (χ0) is 21.3. The summed E-state index contributed by atoms with van der Waals surface area (Å²) in [6.45, 7) is 9.48. The molecule has 3 rings (SSSR count). The minimum atomic E-state index is -0.458. The summed E-state index contributed by atoms with van der Waals surface area (Å²) < 4.78 is 1.43. The number of aryl methyl sites for hydroxylation is 1. The summed E-state index contributed by atoms with van der Waals surface area (Å²) in [5, 5.41) is 10.6. The fourth-order valence-electron chi connectivity index (χ4n) is 2.54. The van der Waals surface area contributed by atoms with E-state index in [9.17, 15) is 9.59 Å². The molecule has 0 fully saturated rings. The number of aromatic nitrogens is 4. The van der Waals surface area contributed by atoms with Crippen LogP contribution in [0.1, 0.15) is 37.7 Å². The molecule has 152 valence electrons. The van der Waals surface area contributed by atoms with Crippen LogP contribution in [-0.4, -0.2) is 25.8 Å². The van der Waals surface area contributed by atoms with Gasteiger partial charge in [-0.15, -0.1) is 0 Å². The van der Waals surface area contributed by atoms with Crippen LogP contribution in [-0.2, 0) is 5.41 Å². The van der Waals surface area contributed by atoms with E-state index in [1.54, 1.807) is 44.2 Å². The molecule has 2 amide bonds. The second-order valence-electron chi connectivity index (χ2n) is 7.76. The molecule has 3 N–H and O–H groups in total. The van der Waals surface area contributed by atoms with E-state index in [-0.39, 0.29) is 16.9 Å². The molecule has 0 spiro atoms. The molecule has 9 heteroatoms. The summed E-state index contributed by atoms with van der Waals surface area (Å²) in [5.41, 5.74) is 1.93. The summed E-state index contributed by atoms with van der Waals surface area (Å²) in [6.07, 6.45) is 0. The number of carbonyl (C=O) groups is 1. The molecule has 0 aliphatic heterocycles. The number of hydrogen-bond donors (Lipinski definition) is 3. The maximum atomic E-state index is 12.5. The highest BCUT2D eigenvalue weighted by Crippen LogP contribution is 2.25. The van der Waals surface area contributed by atoms with Crippen molar-refractivity contribution < 1.29 is 4.79 Å². The molecule has 8 nitrogen and oxygen atoms in total. The van der Waals surface area contributed by atoms with Gasteiger partial charge in [0.25, 0.3) is 5.56 Å². The van der Waals surface area contributed by atoms with Gasteiger partial charge in [-0.2, -0.15) is 9.78 Å². The van der Waals surface area contributed by atoms with Crippen LogP contribution in [0.15, 0.2) is 35.1 Å². The second-order valence-corrected chi connectivity index (χ2v) is 8.20. The molecule has 2 aromatic heterocycles. The molecule has 0 aliphatic rings. The number of halogens is 1. The molecule has 0 radical (unpaired) electrons. The average Bonchev–Trinajstić information content (AvgIpc) is 3.05. The molecule has 1 aromatic carbocycles. The fraction of sp³-hybridized carbons (Fsp3) is 0.300. The van der Waals surface area contributed by atoms with Crippen LogP contribution in [0.2, 0.25) is 5.02 Å². The van der Waals surface area contributed by atoms with E-state index in [2.05, 4.69) is 25.7 Å². The molecule has 0 bridgehead atoms. The van der Waals surface area contributed by atoms with Gasteiger partial charge in [0.05, 0.1) is 5.69 Å². The van der Waals surface area contributed by atoms with Crippen LogP contribution in [0.4, 0.5) is 16.3 Å². The van der Waals surface area contributed by atoms with E-state index in [1.807, 2.05) is 20.8 Å². The summed E-state index contributed by atoms with van der Waals surface area (Å²) in [4.78, 5) is 31.8. The first-order valence-corrected chi connectivity index (χ1v) is 9.44. The normalized spacial score (nSPS) is 11.4. The van der Waals surface area contributed by atoms with Crippen molar-refractivity contribution in [1.82, 2.24) is 19.7 Å². The molecule has 0 saturated carbocycles. The number of anilines is 2. The van der Waals surface area contributed by atoms with Gasteiger partial charge in [0.15, 0.2) is 0 Å². The number of hydrogen-bond acceptors (Lipinski definition) is 4. The molecule has 0 aliphatic carbocycles. The van der Waals surface area contributed by atoms with Gasteiger partial charge >= 0.3 is 6.03 Å². The SMILES string of the molecule is Cc1nc(-n2nc(C(C)(C)C)cc2NC(=O)Nc2ccc(Cl)cc2)[nH]c(=O)c1C. The van der Waals surface area contributed by atoms with E-state index in [0.29, 0.717) is 27.8 Å². The van der Waals surface area contributed by atoms with E-state index in [4.69, 9.17) is 11.6 Å². The third-order valence-electron chi connectivity index (χ3n) is 4.40. The van der Waals surface area contributed by atoms with Crippen LogP contribution in [0.25, 0.3) is 5.95 Å². The first kappa shape index (κ1) is 20.6. The van der Waals surface area contributed by atoms with Gasteiger partial charge in [-0.25, -0.2) is 9.78 Å². The van der Waals surface area contributed by atoms with E-state index in [0.717, 1.165) is 5.69 Å². The highest BCUT2D eigenvalue weighted by molar-refractivity contribution is 6.30. The summed E-state index contributed by atoms with van der Waals surface area (Å²) in [5.74, 6) is 0.614. The van der Waals surface area contributed by atoms with Gasteiger partial charge in [0.1, 0.15) is 5.82 Å². The first-order chi connectivity index (χ1) is 13.5. The Labute approximate surface area is 173 Å². The van der Waals surface area contributed by atoms with Crippen molar-refractivity contribution in [1.29, 1.82) is 0 Å². The number of carbonyl (C=O) groups excluding carboxylic acids is 1. The monoisotopic (exact) mass is 414 g/mol. The van der Waals surface area contributed by atoms with Gasteiger partial charge in [0.2, 0.25) is 5.95 Å². The molecule has 0 atom stereocenters. The van der Waals surface area contributed by atoms with Crippen LogP contribution in [0.5, 0.6) is 0 Å². The quantitative estimate of drug-likeness (QED) is 0.598. The van der Waals surface area contributed by atoms with Crippen molar-refractivity contribution in [2.45, 2.75) is 40.0 Å². The number of benzene rings is 1. The Morgan fingerprint density at radius 1 is 1.14 bits per heavy atom. The zero-order valence-corrected chi connectivity index (χ0v) is 17.7. The first-order valence-electron chi connectivity index (χ1n) is 9.06. The van der Waals surface area contributed by atoms with Gasteiger partial charge < -0.3 is 5.32 Å². The maximum Gasteiger partial charge on any atom is 0.324 e. The molecule has 0 saturated heterocycles. The predicted octanol–water partition coefficient (Wildman–Crippen LogP) is 4.17. The lowest BCUT2D eigenvalue weighted by Crippen LogP contribution is -2.23. The lowest BCUT2D eigenvalue weighted by Gasteiger charge is -2.14. The zero-order valence-electron chi connectivity index (χ0n) is 16.9. The van der Waals surface area contributed by atoms with Crippen molar-refractivity contribution in [3.8, 4) is 5.95 Å². The van der Waals surface area contributed by atoms with E-state index >= 15 is 0 Å². The Morgan fingerprint density at radius 3 is 2.38 bits per heavy atom. The van der Waals surface area contributed by atoms with Crippen LogP contribution in [0.3, 0.4) is 0 Å². The third-order valence-corrected chi connectivity index (χ3v) is 4.66. The van der Waals surface area contributed by atoms with Crippen molar-refractivity contribution in [2.24, 2.45) is 0 Å². The molecular formula is C20H23ClN6O2. The average molecular weight is 415 g/mol. The minimum Gasteiger partial charge on any atom is -0.308 e. The predicted molar refractivity (Wildman–Crippen MR) is 114 cm³/mol. The molecular weight excluding hydrogens is 392 g/mol. The molecule has 29 heavy (non-hydrogen) atoms. The van der Waals surface area contributed by atoms with Gasteiger partial charge in [-0.05, 0) is 38.1 Å². The maximum absolute atomic E-state index is 12.5. The summed E-state index contributed by atoms with van der Waals surface area (Å²) in [7, 11) is 0. The van der Waals surface area contributed by atoms with E-state index < -0.39 is 6.03 Å². The van der Waals surface area contributed by atoms with Crippen molar-refractivity contribution in [3.05, 3.63) is 62.7 Å². The number of nitrogens with zero attached hydrogens (tertiary/aromatic N) is 3.